The average Bonchev–Trinajstić information content (AvgIpc) is 3.16. The molecule has 5 nitrogen and oxygen atoms in total. The van der Waals surface area contributed by atoms with Gasteiger partial charge in [-0.2, -0.15) is 0 Å². The van der Waals surface area contributed by atoms with Crippen LogP contribution in [0.1, 0.15) is 42.9 Å². The Bertz CT molecular complexity index is 700. The number of amides is 2. The summed E-state index contributed by atoms with van der Waals surface area (Å²) in [6.07, 6.45) is 5.04. The second kappa shape index (κ2) is 7.94. The van der Waals surface area contributed by atoms with Gasteiger partial charge in [0, 0.05) is 19.6 Å². The summed E-state index contributed by atoms with van der Waals surface area (Å²) in [6, 6.07) is 6.17. The molecule has 0 radical (unpaired) electrons. The lowest BCUT2D eigenvalue weighted by molar-refractivity contribution is -0.140. The summed E-state index contributed by atoms with van der Waals surface area (Å²) in [4.78, 5) is 28.9. The first-order valence-corrected chi connectivity index (χ1v) is 9.41. The van der Waals surface area contributed by atoms with E-state index in [4.69, 9.17) is 4.74 Å². The van der Waals surface area contributed by atoms with E-state index in [1.54, 1.807) is 12.0 Å². The number of hydrogen-bond donors (Lipinski definition) is 0. The molecule has 2 fully saturated rings. The molecule has 5 heteroatoms. The number of carbonyl (C=O) groups is 2. The van der Waals surface area contributed by atoms with Gasteiger partial charge in [0.2, 0.25) is 11.8 Å². The maximum absolute atomic E-state index is 13.2. The van der Waals surface area contributed by atoms with Crippen molar-refractivity contribution in [3.8, 4) is 5.75 Å². The minimum absolute atomic E-state index is 0.0795. The molecule has 2 saturated heterocycles. The molecule has 140 valence electrons. The molecule has 0 aromatic heterocycles. The lowest BCUT2D eigenvalue weighted by atomic mass is 9.94. The van der Waals surface area contributed by atoms with Crippen molar-refractivity contribution in [3.05, 3.63) is 42.0 Å². The van der Waals surface area contributed by atoms with Crippen LogP contribution in [0.15, 0.2) is 30.9 Å². The second-order valence-electron chi connectivity index (χ2n) is 7.24. The lowest BCUT2D eigenvalue weighted by Crippen LogP contribution is -2.46. The zero-order valence-electron chi connectivity index (χ0n) is 15.7. The quantitative estimate of drug-likeness (QED) is 0.779. The first-order chi connectivity index (χ1) is 12.5. The van der Waals surface area contributed by atoms with Crippen LogP contribution in [0.2, 0.25) is 0 Å². The zero-order chi connectivity index (χ0) is 18.7. The van der Waals surface area contributed by atoms with E-state index in [2.05, 4.69) is 25.6 Å². The van der Waals surface area contributed by atoms with Crippen molar-refractivity contribution in [1.29, 1.82) is 0 Å². The highest BCUT2D eigenvalue weighted by molar-refractivity contribution is 5.88. The van der Waals surface area contributed by atoms with Crippen molar-refractivity contribution in [2.75, 3.05) is 26.7 Å². The van der Waals surface area contributed by atoms with Gasteiger partial charge in [0.15, 0.2) is 0 Å². The zero-order valence-corrected chi connectivity index (χ0v) is 15.7. The van der Waals surface area contributed by atoms with Gasteiger partial charge in [0.1, 0.15) is 5.75 Å². The Morgan fingerprint density at radius 1 is 1.23 bits per heavy atom. The molecule has 2 heterocycles. The van der Waals surface area contributed by atoms with Gasteiger partial charge in [0.25, 0.3) is 0 Å². The van der Waals surface area contributed by atoms with Crippen LogP contribution < -0.4 is 4.74 Å². The average molecular weight is 356 g/mol. The minimum Gasteiger partial charge on any atom is -0.497 e. The van der Waals surface area contributed by atoms with Crippen molar-refractivity contribution in [2.45, 2.75) is 38.6 Å². The normalized spacial score (nSPS) is 23.0. The highest BCUT2D eigenvalue weighted by Crippen LogP contribution is 2.37. The number of benzene rings is 1. The highest BCUT2D eigenvalue weighted by Gasteiger charge is 2.36. The van der Waals surface area contributed by atoms with Gasteiger partial charge in [-0.15, -0.1) is 0 Å². The molecule has 0 saturated carbocycles. The Labute approximate surface area is 155 Å². The number of likely N-dealkylation sites (tertiary alicyclic amines) is 2. The van der Waals surface area contributed by atoms with Gasteiger partial charge in [-0.1, -0.05) is 12.6 Å². The maximum Gasteiger partial charge on any atom is 0.245 e. The van der Waals surface area contributed by atoms with Crippen LogP contribution in [0.5, 0.6) is 5.75 Å². The number of hydrogen-bond acceptors (Lipinski definition) is 3. The molecule has 26 heavy (non-hydrogen) atoms. The van der Waals surface area contributed by atoms with E-state index < -0.39 is 0 Å². The molecule has 1 aromatic rings. The number of methoxy groups -OCH3 is 1. The maximum atomic E-state index is 13.2. The molecule has 1 aromatic carbocycles. The van der Waals surface area contributed by atoms with Crippen LogP contribution in [-0.2, 0) is 9.59 Å². The van der Waals surface area contributed by atoms with Crippen LogP contribution >= 0.6 is 0 Å². The molecule has 2 amide bonds. The molecule has 2 aliphatic rings. The fourth-order valence-corrected chi connectivity index (χ4v) is 4.20. The Hall–Kier alpha value is -2.30. The number of rotatable bonds is 4. The van der Waals surface area contributed by atoms with Gasteiger partial charge < -0.3 is 14.5 Å². The summed E-state index contributed by atoms with van der Waals surface area (Å²) in [6.45, 7) is 7.65. The number of aryl methyl sites for hydroxylation is 1. The van der Waals surface area contributed by atoms with Crippen molar-refractivity contribution in [2.24, 2.45) is 5.92 Å². The molecule has 0 bridgehead atoms. The van der Waals surface area contributed by atoms with E-state index >= 15 is 0 Å². The van der Waals surface area contributed by atoms with E-state index in [9.17, 15) is 9.59 Å². The molecule has 0 spiro atoms. The number of ether oxygens (including phenoxy) is 1. The topological polar surface area (TPSA) is 49.9 Å². The summed E-state index contributed by atoms with van der Waals surface area (Å²) in [7, 11) is 1.67. The SMILES string of the molecule is C=CC(=O)N1CCCC(C(=O)N2CCCC2c2cc(OC)ccc2C)C1. The van der Waals surface area contributed by atoms with E-state index in [0.717, 1.165) is 38.0 Å². The summed E-state index contributed by atoms with van der Waals surface area (Å²) >= 11 is 0. The van der Waals surface area contributed by atoms with E-state index in [0.29, 0.717) is 13.1 Å². The van der Waals surface area contributed by atoms with Crippen molar-refractivity contribution in [3.63, 3.8) is 0 Å². The Balaban J connectivity index is 1.78. The van der Waals surface area contributed by atoms with E-state index in [-0.39, 0.29) is 23.8 Å². The van der Waals surface area contributed by atoms with Gasteiger partial charge >= 0.3 is 0 Å². The summed E-state index contributed by atoms with van der Waals surface area (Å²) in [5.74, 6) is 0.810. The molecule has 2 aliphatic heterocycles. The fourth-order valence-electron chi connectivity index (χ4n) is 4.20. The van der Waals surface area contributed by atoms with Crippen molar-refractivity contribution < 1.29 is 14.3 Å². The van der Waals surface area contributed by atoms with Crippen LogP contribution in [-0.4, -0.2) is 48.4 Å². The smallest absolute Gasteiger partial charge is 0.245 e. The van der Waals surface area contributed by atoms with Crippen molar-refractivity contribution >= 4 is 11.8 Å². The van der Waals surface area contributed by atoms with Gasteiger partial charge in [-0.05, 0) is 61.9 Å². The van der Waals surface area contributed by atoms with Gasteiger partial charge in [-0.3, -0.25) is 9.59 Å². The largest absolute Gasteiger partial charge is 0.497 e. The van der Waals surface area contributed by atoms with Crippen LogP contribution in [0.4, 0.5) is 0 Å². The van der Waals surface area contributed by atoms with E-state index in [1.807, 2.05) is 11.0 Å². The third-order valence-corrected chi connectivity index (χ3v) is 5.64. The Kier molecular flexibility index (Phi) is 5.64. The molecular weight excluding hydrogens is 328 g/mol. The number of nitrogens with zero attached hydrogens (tertiary/aromatic N) is 2. The van der Waals surface area contributed by atoms with Crippen LogP contribution in [0.3, 0.4) is 0 Å². The molecular formula is C21H28N2O3. The van der Waals surface area contributed by atoms with E-state index in [1.165, 1.54) is 17.2 Å². The minimum atomic E-state index is -0.112. The fraction of sp³-hybridized carbons (Fsp3) is 0.524. The molecule has 0 aliphatic carbocycles. The first-order valence-electron chi connectivity index (χ1n) is 9.41. The van der Waals surface area contributed by atoms with Crippen molar-refractivity contribution in [1.82, 2.24) is 9.80 Å². The summed E-state index contributed by atoms with van der Waals surface area (Å²) in [5.41, 5.74) is 2.35. The summed E-state index contributed by atoms with van der Waals surface area (Å²) < 4.78 is 5.38. The van der Waals surface area contributed by atoms with Crippen LogP contribution in [0, 0.1) is 12.8 Å². The molecule has 2 unspecified atom stereocenters. The predicted molar refractivity (Wildman–Crippen MR) is 101 cm³/mol. The molecule has 2 atom stereocenters. The molecule has 0 N–H and O–H groups in total. The Morgan fingerprint density at radius 2 is 2.00 bits per heavy atom. The van der Waals surface area contributed by atoms with Gasteiger partial charge in [0.05, 0.1) is 19.1 Å². The van der Waals surface area contributed by atoms with Gasteiger partial charge in [-0.25, -0.2) is 0 Å². The third kappa shape index (κ3) is 3.62. The highest BCUT2D eigenvalue weighted by atomic mass is 16.5. The van der Waals surface area contributed by atoms with Crippen LogP contribution in [0.25, 0.3) is 0 Å². The third-order valence-electron chi connectivity index (χ3n) is 5.64. The predicted octanol–water partition coefficient (Wildman–Crippen LogP) is 3.09. The Morgan fingerprint density at radius 3 is 2.73 bits per heavy atom. The number of carbonyl (C=O) groups excluding carboxylic acids is 2. The second-order valence-corrected chi connectivity index (χ2v) is 7.24. The number of piperidine rings is 1. The first kappa shape index (κ1) is 18.5. The summed E-state index contributed by atoms with van der Waals surface area (Å²) in [5, 5.41) is 0. The monoisotopic (exact) mass is 356 g/mol. The molecule has 3 rings (SSSR count). The standard InChI is InChI=1S/C21H28N2O3/c1-4-20(24)22-11-5-7-16(14-22)21(25)23-12-6-8-19(23)18-13-17(26-3)10-9-15(18)2/h4,9-10,13,16,19H,1,5-8,11-12,14H2,2-3H3. The lowest BCUT2D eigenvalue weighted by Gasteiger charge is -2.35.